The number of imide groups is 1. The van der Waals surface area contributed by atoms with Crippen LogP contribution in [-0.4, -0.2) is 45.8 Å². The molecule has 8 nitrogen and oxygen atoms in total. The van der Waals surface area contributed by atoms with Crippen LogP contribution in [0.3, 0.4) is 0 Å². The van der Waals surface area contributed by atoms with Crippen LogP contribution >= 0.6 is 11.3 Å². The summed E-state index contributed by atoms with van der Waals surface area (Å²) in [5, 5.41) is 5.99. The largest absolute Gasteiger partial charge is 0.339 e. The van der Waals surface area contributed by atoms with E-state index in [0.29, 0.717) is 30.1 Å². The van der Waals surface area contributed by atoms with Gasteiger partial charge in [-0.2, -0.15) is 0 Å². The number of aryl methyl sites for hydroxylation is 1. The van der Waals surface area contributed by atoms with Gasteiger partial charge in [0.1, 0.15) is 5.54 Å². The first-order valence-corrected chi connectivity index (χ1v) is 12.1. The molecule has 2 aromatic heterocycles. The molecule has 2 fully saturated rings. The van der Waals surface area contributed by atoms with Crippen LogP contribution in [-0.2, 0) is 10.3 Å². The number of piperidine rings is 1. The van der Waals surface area contributed by atoms with Crippen molar-refractivity contribution >= 4 is 29.2 Å². The van der Waals surface area contributed by atoms with Gasteiger partial charge in [-0.25, -0.2) is 9.78 Å². The number of aromatic nitrogens is 2. The molecule has 5 rings (SSSR count). The summed E-state index contributed by atoms with van der Waals surface area (Å²) < 4.78 is 0. The molecule has 2 N–H and O–H groups in total. The highest BCUT2D eigenvalue weighted by Gasteiger charge is 2.43. The van der Waals surface area contributed by atoms with Crippen molar-refractivity contribution in [3.05, 3.63) is 70.5 Å². The van der Waals surface area contributed by atoms with E-state index in [4.69, 9.17) is 0 Å². The summed E-state index contributed by atoms with van der Waals surface area (Å²) in [6.07, 6.45) is 5.49. The van der Waals surface area contributed by atoms with E-state index in [2.05, 4.69) is 26.7 Å². The first kappa shape index (κ1) is 22.2. The average molecular weight is 476 g/mol. The number of rotatable bonds is 4. The number of pyridine rings is 1. The molecule has 174 valence electrons. The van der Waals surface area contributed by atoms with Crippen molar-refractivity contribution in [2.75, 3.05) is 13.1 Å². The first-order chi connectivity index (χ1) is 16.3. The second-order valence-electron chi connectivity index (χ2n) is 8.96. The van der Waals surface area contributed by atoms with Gasteiger partial charge in [-0.3, -0.25) is 19.9 Å². The third kappa shape index (κ3) is 4.07. The monoisotopic (exact) mass is 475 g/mol. The molecule has 3 aromatic rings. The first-order valence-electron chi connectivity index (χ1n) is 11.3. The van der Waals surface area contributed by atoms with E-state index < -0.39 is 17.5 Å². The summed E-state index contributed by atoms with van der Waals surface area (Å²) in [6.45, 7) is 5.00. The van der Waals surface area contributed by atoms with Crippen molar-refractivity contribution < 1.29 is 14.4 Å². The Hall–Kier alpha value is -3.59. The highest BCUT2D eigenvalue weighted by atomic mass is 32.1. The van der Waals surface area contributed by atoms with Crippen LogP contribution in [0.15, 0.2) is 48.8 Å². The molecule has 0 bridgehead atoms. The van der Waals surface area contributed by atoms with Crippen LogP contribution in [0.25, 0.3) is 10.6 Å². The van der Waals surface area contributed by atoms with E-state index in [1.807, 2.05) is 30.3 Å². The third-order valence-corrected chi connectivity index (χ3v) is 7.76. The van der Waals surface area contributed by atoms with Gasteiger partial charge in [0.25, 0.3) is 11.8 Å². The number of likely N-dealkylation sites (tertiary alicyclic amines) is 1. The number of thiazole rings is 1. The highest BCUT2D eigenvalue weighted by molar-refractivity contribution is 7.15. The van der Waals surface area contributed by atoms with E-state index in [0.717, 1.165) is 34.0 Å². The number of nitrogens with zero attached hydrogens (tertiary/aromatic N) is 3. The zero-order chi connectivity index (χ0) is 23.9. The summed E-state index contributed by atoms with van der Waals surface area (Å²) in [5.74, 6) is -0.0963. The van der Waals surface area contributed by atoms with Crippen LogP contribution in [0.2, 0.25) is 0 Å². The highest BCUT2D eigenvalue weighted by Crippen LogP contribution is 2.35. The fourth-order valence-corrected chi connectivity index (χ4v) is 5.48. The maximum atomic E-state index is 13.0. The minimum atomic E-state index is -1.13. The Kier molecular flexibility index (Phi) is 5.65. The minimum absolute atomic E-state index is 0.0289. The molecule has 1 aromatic carbocycles. The summed E-state index contributed by atoms with van der Waals surface area (Å²) in [7, 11) is 0. The van der Waals surface area contributed by atoms with Gasteiger partial charge in [0.15, 0.2) is 0 Å². The second kappa shape index (κ2) is 8.64. The molecule has 9 heteroatoms. The molecule has 2 saturated heterocycles. The Morgan fingerprint density at radius 3 is 2.41 bits per heavy atom. The van der Waals surface area contributed by atoms with Gasteiger partial charge in [-0.05, 0) is 56.0 Å². The van der Waals surface area contributed by atoms with E-state index in [-0.39, 0.29) is 5.91 Å². The smallest absolute Gasteiger partial charge is 0.322 e. The zero-order valence-corrected chi connectivity index (χ0v) is 19.8. The van der Waals surface area contributed by atoms with Crippen LogP contribution in [0.1, 0.15) is 52.2 Å². The average Bonchev–Trinajstić information content (AvgIpc) is 3.44. The van der Waals surface area contributed by atoms with Crippen LogP contribution in [0.4, 0.5) is 4.79 Å². The van der Waals surface area contributed by atoms with Crippen molar-refractivity contribution in [3.8, 4) is 10.6 Å². The lowest BCUT2D eigenvalue weighted by Crippen LogP contribution is -2.40. The van der Waals surface area contributed by atoms with Crippen LogP contribution < -0.4 is 10.6 Å². The van der Waals surface area contributed by atoms with Crippen molar-refractivity contribution in [3.63, 3.8) is 0 Å². The van der Waals surface area contributed by atoms with Crippen molar-refractivity contribution in [2.45, 2.75) is 38.1 Å². The van der Waals surface area contributed by atoms with Gasteiger partial charge in [0.05, 0.1) is 15.6 Å². The fourth-order valence-electron chi connectivity index (χ4n) is 4.41. The molecule has 0 radical (unpaired) electrons. The molecule has 0 unspecified atom stereocenters. The van der Waals surface area contributed by atoms with Crippen LogP contribution in [0.5, 0.6) is 0 Å². The molecule has 1 atom stereocenters. The molecule has 2 aliphatic heterocycles. The summed E-state index contributed by atoms with van der Waals surface area (Å²) >= 11 is 1.68. The predicted octanol–water partition coefficient (Wildman–Crippen LogP) is 3.59. The molecule has 0 spiro atoms. The van der Waals surface area contributed by atoms with Gasteiger partial charge < -0.3 is 10.2 Å². The number of hydrogen-bond acceptors (Lipinski definition) is 6. The van der Waals surface area contributed by atoms with Gasteiger partial charge in [-0.1, -0.05) is 18.2 Å². The molecule has 0 saturated carbocycles. The van der Waals surface area contributed by atoms with E-state index >= 15 is 0 Å². The number of urea groups is 1. The Labute approximate surface area is 201 Å². The van der Waals surface area contributed by atoms with Gasteiger partial charge in [0, 0.05) is 37.0 Å². The van der Waals surface area contributed by atoms with E-state index in [9.17, 15) is 14.4 Å². The summed E-state index contributed by atoms with van der Waals surface area (Å²) in [6, 6.07) is 10.4. The topological polar surface area (TPSA) is 104 Å². The van der Waals surface area contributed by atoms with Gasteiger partial charge >= 0.3 is 6.03 Å². The summed E-state index contributed by atoms with van der Waals surface area (Å²) in [4.78, 5) is 48.8. The van der Waals surface area contributed by atoms with Gasteiger partial charge in [0.2, 0.25) is 0 Å². The van der Waals surface area contributed by atoms with Crippen molar-refractivity contribution in [1.29, 1.82) is 0 Å². The number of hydrogen-bond donors (Lipinski definition) is 2. The normalized spacial score (nSPS) is 20.8. The predicted molar refractivity (Wildman–Crippen MR) is 128 cm³/mol. The number of carbonyl (C=O) groups is 3. The third-order valence-electron chi connectivity index (χ3n) is 6.57. The maximum Gasteiger partial charge on any atom is 0.322 e. The Bertz CT molecular complexity index is 1250. The Balaban J connectivity index is 1.21. The lowest BCUT2D eigenvalue weighted by atomic mass is 9.91. The van der Waals surface area contributed by atoms with Crippen LogP contribution in [0, 0.1) is 6.92 Å². The quantitative estimate of drug-likeness (QED) is 0.561. The van der Waals surface area contributed by atoms with Gasteiger partial charge in [-0.15, -0.1) is 11.3 Å². The fraction of sp³-hybridized carbons (Fsp3) is 0.320. The number of carbonyl (C=O) groups excluding carboxylic acids is 3. The number of amides is 4. The lowest BCUT2D eigenvalue weighted by molar-refractivity contribution is -0.123. The van der Waals surface area contributed by atoms with Crippen molar-refractivity contribution in [1.82, 2.24) is 25.5 Å². The minimum Gasteiger partial charge on any atom is -0.339 e. The molecule has 0 aliphatic carbocycles. The Morgan fingerprint density at radius 2 is 1.79 bits per heavy atom. The summed E-state index contributed by atoms with van der Waals surface area (Å²) in [5.41, 5.74) is 2.14. The molecular weight excluding hydrogens is 450 g/mol. The van der Waals surface area contributed by atoms with Crippen molar-refractivity contribution in [2.24, 2.45) is 0 Å². The molecule has 34 heavy (non-hydrogen) atoms. The number of nitrogens with one attached hydrogen (secondary N) is 2. The second-order valence-corrected chi connectivity index (χ2v) is 10.0. The lowest BCUT2D eigenvalue weighted by Gasteiger charge is -2.31. The molecule has 4 heterocycles. The molecule has 2 aliphatic rings. The SMILES string of the molecule is Cc1ccc(-c2cnc(C3CCN(C(=O)c4ccc([C@@]5(C)NC(=O)NC5=O)cc4)CC3)s2)nc1. The van der Waals surface area contributed by atoms with E-state index in [1.54, 1.807) is 42.5 Å². The molecule has 4 amide bonds. The van der Waals surface area contributed by atoms with E-state index in [1.165, 1.54) is 0 Å². The molecular formula is C25H25N5O3S. The number of benzene rings is 1. The Morgan fingerprint density at radius 1 is 1.06 bits per heavy atom. The maximum absolute atomic E-state index is 13.0. The standard InChI is InChI=1S/C25H25N5O3S/c1-15-3-8-19(26-13-15)20-14-27-21(34-20)16-9-11-30(12-10-16)22(31)17-4-6-18(7-5-17)25(2)23(32)28-24(33)29-25/h3-8,13-14,16H,9-12H2,1-2H3,(H2,28,29,32,33)/t25-/m1/s1. The zero-order valence-electron chi connectivity index (χ0n) is 19.0.